The summed E-state index contributed by atoms with van der Waals surface area (Å²) in [4.78, 5) is 11.7. The van der Waals surface area contributed by atoms with E-state index in [1.165, 1.54) is 18.2 Å². The summed E-state index contributed by atoms with van der Waals surface area (Å²) >= 11 is 9.09. The number of hydrogen-bond donors (Lipinski definition) is 2. The van der Waals surface area contributed by atoms with E-state index in [4.69, 9.17) is 11.6 Å². The smallest absolute Gasteiger partial charge is 0.253 e. The van der Waals surface area contributed by atoms with Crippen molar-refractivity contribution in [1.29, 1.82) is 0 Å². The van der Waals surface area contributed by atoms with Gasteiger partial charge in [-0.1, -0.05) is 27.5 Å². The molecule has 0 heterocycles. The van der Waals surface area contributed by atoms with Crippen LogP contribution < -0.4 is 5.32 Å². The molecular formula is C10H11BrClNO2. The number of nitrogens with one attached hydrogen (secondary N) is 1. The number of phenolic OH excluding ortho intramolecular Hbond substituents is 1. The van der Waals surface area contributed by atoms with Crippen molar-refractivity contribution in [2.75, 3.05) is 5.33 Å². The van der Waals surface area contributed by atoms with Gasteiger partial charge in [0, 0.05) is 11.4 Å². The number of amides is 1. The van der Waals surface area contributed by atoms with Crippen LogP contribution in [0.15, 0.2) is 18.2 Å². The second-order valence-electron chi connectivity index (χ2n) is 3.19. The number of phenols is 1. The lowest BCUT2D eigenvalue weighted by atomic mass is 10.2. The first-order valence-corrected chi connectivity index (χ1v) is 5.90. The second kappa shape index (κ2) is 5.37. The summed E-state index contributed by atoms with van der Waals surface area (Å²) in [6.45, 7) is 1.86. The first-order chi connectivity index (χ1) is 7.04. The molecule has 82 valence electrons. The van der Waals surface area contributed by atoms with Gasteiger partial charge < -0.3 is 10.4 Å². The predicted octanol–water partition coefficient (Wildman–Crippen LogP) is 2.56. The fourth-order valence-electron chi connectivity index (χ4n) is 1.03. The average Bonchev–Trinajstić information content (AvgIpc) is 2.21. The fourth-order valence-corrected chi connectivity index (χ4v) is 1.39. The van der Waals surface area contributed by atoms with E-state index in [9.17, 15) is 9.90 Å². The highest BCUT2D eigenvalue weighted by Crippen LogP contribution is 2.21. The molecule has 1 rings (SSSR count). The molecule has 0 fully saturated rings. The SMILES string of the molecule is CC(CBr)NC(=O)c1cc(O)ccc1Cl. The first kappa shape index (κ1) is 12.3. The Morgan fingerprint density at radius 3 is 2.93 bits per heavy atom. The van der Waals surface area contributed by atoms with E-state index in [2.05, 4.69) is 21.2 Å². The molecule has 0 radical (unpaired) electrons. The van der Waals surface area contributed by atoms with E-state index >= 15 is 0 Å². The monoisotopic (exact) mass is 291 g/mol. The minimum Gasteiger partial charge on any atom is -0.508 e. The van der Waals surface area contributed by atoms with Crippen LogP contribution in [-0.2, 0) is 0 Å². The van der Waals surface area contributed by atoms with Crippen LogP contribution in [0.4, 0.5) is 0 Å². The zero-order chi connectivity index (χ0) is 11.4. The maximum absolute atomic E-state index is 11.7. The third kappa shape index (κ3) is 3.39. The van der Waals surface area contributed by atoms with E-state index in [0.717, 1.165) is 0 Å². The number of benzene rings is 1. The predicted molar refractivity (Wildman–Crippen MR) is 63.8 cm³/mol. The van der Waals surface area contributed by atoms with Crippen LogP contribution in [0.25, 0.3) is 0 Å². The van der Waals surface area contributed by atoms with E-state index in [1.54, 1.807) is 0 Å². The van der Waals surface area contributed by atoms with Gasteiger partial charge in [0.15, 0.2) is 0 Å². The first-order valence-electron chi connectivity index (χ1n) is 4.40. The molecular weight excluding hydrogens is 281 g/mol. The number of rotatable bonds is 3. The minimum absolute atomic E-state index is 0.0101. The van der Waals surface area contributed by atoms with Gasteiger partial charge in [-0.3, -0.25) is 4.79 Å². The Morgan fingerprint density at radius 2 is 2.33 bits per heavy atom. The van der Waals surface area contributed by atoms with E-state index < -0.39 is 0 Å². The Bertz CT molecular complexity index is 370. The zero-order valence-corrected chi connectivity index (χ0v) is 10.5. The molecule has 3 nitrogen and oxygen atoms in total. The average molecular weight is 293 g/mol. The van der Waals surface area contributed by atoms with Gasteiger partial charge in [-0.2, -0.15) is 0 Å². The standard InChI is InChI=1S/C10H11BrClNO2/c1-6(5-11)13-10(15)8-4-7(14)2-3-9(8)12/h2-4,6,14H,5H2,1H3,(H,13,15). The zero-order valence-electron chi connectivity index (χ0n) is 8.13. The summed E-state index contributed by atoms with van der Waals surface area (Å²) in [5.41, 5.74) is 0.282. The van der Waals surface area contributed by atoms with Crippen molar-refractivity contribution in [2.24, 2.45) is 0 Å². The number of alkyl halides is 1. The molecule has 15 heavy (non-hydrogen) atoms. The van der Waals surface area contributed by atoms with Gasteiger partial charge in [-0.05, 0) is 25.1 Å². The number of carbonyl (C=O) groups excluding carboxylic acids is 1. The molecule has 1 aromatic carbocycles. The number of hydrogen-bond acceptors (Lipinski definition) is 2. The van der Waals surface area contributed by atoms with Gasteiger partial charge in [0.05, 0.1) is 10.6 Å². The van der Waals surface area contributed by atoms with Crippen molar-refractivity contribution in [3.63, 3.8) is 0 Å². The van der Waals surface area contributed by atoms with E-state index in [1.807, 2.05) is 6.92 Å². The van der Waals surface area contributed by atoms with Gasteiger partial charge in [-0.25, -0.2) is 0 Å². The Balaban J connectivity index is 2.86. The number of aromatic hydroxyl groups is 1. The Labute approximate surface area is 102 Å². The van der Waals surface area contributed by atoms with Crippen LogP contribution in [0.5, 0.6) is 5.75 Å². The van der Waals surface area contributed by atoms with Crippen LogP contribution in [0.2, 0.25) is 5.02 Å². The van der Waals surface area contributed by atoms with Crippen LogP contribution in [0.3, 0.4) is 0 Å². The Hall–Kier alpha value is -0.740. The van der Waals surface area contributed by atoms with Gasteiger partial charge in [0.2, 0.25) is 0 Å². The molecule has 0 spiro atoms. The summed E-state index contributed by atoms with van der Waals surface area (Å²) < 4.78 is 0. The van der Waals surface area contributed by atoms with Gasteiger partial charge in [0.1, 0.15) is 5.75 Å². The lowest BCUT2D eigenvalue weighted by Gasteiger charge is -2.11. The van der Waals surface area contributed by atoms with Crippen LogP contribution in [-0.4, -0.2) is 22.4 Å². The maximum atomic E-state index is 11.7. The highest BCUT2D eigenvalue weighted by atomic mass is 79.9. The van der Waals surface area contributed by atoms with E-state index in [-0.39, 0.29) is 23.3 Å². The summed E-state index contributed by atoms with van der Waals surface area (Å²) in [7, 11) is 0. The van der Waals surface area contributed by atoms with Crippen molar-refractivity contribution in [1.82, 2.24) is 5.32 Å². The molecule has 0 aliphatic carbocycles. The molecule has 1 unspecified atom stereocenters. The largest absolute Gasteiger partial charge is 0.508 e. The Kier molecular flexibility index (Phi) is 4.42. The summed E-state index contributed by atoms with van der Waals surface area (Å²) in [6, 6.07) is 4.28. The fraction of sp³-hybridized carbons (Fsp3) is 0.300. The summed E-state index contributed by atoms with van der Waals surface area (Å²) in [5, 5.41) is 13.0. The van der Waals surface area contributed by atoms with Crippen molar-refractivity contribution in [3.8, 4) is 5.75 Å². The van der Waals surface area contributed by atoms with Gasteiger partial charge in [-0.15, -0.1) is 0 Å². The normalized spacial score (nSPS) is 12.2. The molecule has 0 aliphatic rings. The topological polar surface area (TPSA) is 49.3 Å². The molecule has 2 N–H and O–H groups in total. The molecule has 0 aromatic heterocycles. The molecule has 0 saturated carbocycles. The molecule has 5 heteroatoms. The quantitative estimate of drug-likeness (QED) is 0.841. The van der Waals surface area contributed by atoms with Gasteiger partial charge in [0.25, 0.3) is 5.91 Å². The summed E-state index contributed by atoms with van der Waals surface area (Å²) in [6.07, 6.45) is 0. The minimum atomic E-state index is -0.289. The molecule has 1 atom stereocenters. The Morgan fingerprint density at radius 1 is 1.67 bits per heavy atom. The van der Waals surface area contributed by atoms with E-state index in [0.29, 0.717) is 10.4 Å². The van der Waals surface area contributed by atoms with Crippen molar-refractivity contribution >= 4 is 33.4 Å². The number of carbonyl (C=O) groups is 1. The lowest BCUT2D eigenvalue weighted by molar-refractivity contribution is 0.0943. The van der Waals surface area contributed by atoms with Crippen molar-refractivity contribution in [2.45, 2.75) is 13.0 Å². The van der Waals surface area contributed by atoms with Crippen LogP contribution in [0, 0.1) is 0 Å². The van der Waals surface area contributed by atoms with Crippen molar-refractivity contribution in [3.05, 3.63) is 28.8 Å². The molecule has 1 amide bonds. The molecule has 0 saturated heterocycles. The van der Waals surface area contributed by atoms with Gasteiger partial charge >= 0.3 is 0 Å². The summed E-state index contributed by atoms with van der Waals surface area (Å²) in [5.74, 6) is -0.265. The third-order valence-electron chi connectivity index (χ3n) is 1.80. The maximum Gasteiger partial charge on any atom is 0.253 e. The number of halogens is 2. The van der Waals surface area contributed by atoms with Crippen molar-refractivity contribution < 1.29 is 9.90 Å². The molecule has 0 aliphatic heterocycles. The van der Waals surface area contributed by atoms with Crippen LogP contribution >= 0.6 is 27.5 Å². The lowest BCUT2D eigenvalue weighted by Crippen LogP contribution is -2.33. The third-order valence-corrected chi connectivity index (χ3v) is 3.10. The second-order valence-corrected chi connectivity index (χ2v) is 4.25. The van der Waals surface area contributed by atoms with Crippen LogP contribution in [0.1, 0.15) is 17.3 Å². The molecule has 0 bridgehead atoms. The highest BCUT2D eigenvalue weighted by molar-refractivity contribution is 9.09. The highest BCUT2D eigenvalue weighted by Gasteiger charge is 2.12. The molecule has 1 aromatic rings.